The first-order valence-electron chi connectivity index (χ1n) is 5.43. The van der Waals surface area contributed by atoms with Crippen molar-refractivity contribution in [3.63, 3.8) is 0 Å². The van der Waals surface area contributed by atoms with Crippen molar-refractivity contribution in [3.05, 3.63) is 0 Å². The number of esters is 1. The van der Waals surface area contributed by atoms with E-state index in [9.17, 15) is 9.59 Å². The zero-order chi connectivity index (χ0) is 11.7. The highest BCUT2D eigenvalue weighted by molar-refractivity contribution is 5.69. The Kier molecular flexibility index (Phi) is 7.68. The summed E-state index contributed by atoms with van der Waals surface area (Å²) in [5.41, 5.74) is 0. The normalized spacial score (nSPS) is 10.3. The Morgan fingerprint density at radius 2 is 1.60 bits per heavy atom. The summed E-state index contributed by atoms with van der Waals surface area (Å²) in [6.45, 7) is 3.65. The second-order valence-corrected chi connectivity index (χ2v) is 3.85. The van der Waals surface area contributed by atoms with Crippen LogP contribution in [0.15, 0.2) is 0 Å². The minimum Gasteiger partial charge on any atom is -0.481 e. The molecule has 0 spiro atoms. The Bertz CT molecular complexity index is 199. The summed E-state index contributed by atoms with van der Waals surface area (Å²) in [4.78, 5) is 21.3. The van der Waals surface area contributed by atoms with Crippen LogP contribution in [0.5, 0.6) is 0 Å². The van der Waals surface area contributed by atoms with Crippen LogP contribution in [0, 0.1) is 0 Å². The quantitative estimate of drug-likeness (QED) is 0.499. The molecule has 0 aliphatic carbocycles. The smallest absolute Gasteiger partial charge is 0.306 e. The second-order valence-electron chi connectivity index (χ2n) is 3.85. The van der Waals surface area contributed by atoms with Gasteiger partial charge in [0.1, 0.15) is 0 Å². The van der Waals surface area contributed by atoms with Gasteiger partial charge in [-0.05, 0) is 26.7 Å². The van der Waals surface area contributed by atoms with Crippen LogP contribution in [0.25, 0.3) is 0 Å². The lowest BCUT2D eigenvalue weighted by molar-refractivity contribution is -0.147. The van der Waals surface area contributed by atoms with E-state index in [1.165, 1.54) is 0 Å². The van der Waals surface area contributed by atoms with E-state index in [4.69, 9.17) is 9.84 Å². The zero-order valence-electron chi connectivity index (χ0n) is 9.49. The van der Waals surface area contributed by atoms with Gasteiger partial charge in [0, 0.05) is 12.8 Å². The molecule has 0 heterocycles. The summed E-state index contributed by atoms with van der Waals surface area (Å²) < 4.78 is 4.96. The highest BCUT2D eigenvalue weighted by Crippen LogP contribution is 2.06. The average Bonchev–Trinajstić information content (AvgIpc) is 2.09. The molecule has 0 aromatic heterocycles. The van der Waals surface area contributed by atoms with Crippen LogP contribution in [0.1, 0.15) is 52.4 Å². The number of hydrogen-bond acceptors (Lipinski definition) is 3. The minimum atomic E-state index is -0.755. The lowest BCUT2D eigenvalue weighted by Crippen LogP contribution is -2.10. The summed E-state index contributed by atoms with van der Waals surface area (Å²) >= 11 is 0. The summed E-state index contributed by atoms with van der Waals surface area (Å²) in [7, 11) is 0. The van der Waals surface area contributed by atoms with Gasteiger partial charge in [0.15, 0.2) is 0 Å². The molecule has 4 heteroatoms. The van der Waals surface area contributed by atoms with Gasteiger partial charge >= 0.3 is 11.9 Å². The van der Waals surface area contributed by atoms with E-state index >= 15 is 0 Å². The molecule has 4 nitrogen and oxygen atoms in total. The van der Waals surface area contributed by atoms with Gasteiger partial charge in [-0.15, -0.1) is 0 Å². The molecule has 0 bridgehead atoms. The molecule has 0 radical (unpaired) electrons. The van der Waals surface area contributed by atoms with E-state index in [1.54, 1.807) is 0 Å². The fraction of sp³-hybridized carbons (Fsp3) is 0.818. The van der Waals surface area contributed by atoms with Gasteiger partial charge in [0.2, 0.25) is 0 Å². The molecule has 0 saturated carbocycles. The van der Waals surface area contributed by atoms with Crippen molar-refractivity contribution in [2.75, 3.05) is 0 Å². The maximum atomic E-state index is 11.1. The topological polar surface area (TPSA) is 63.6 Å². The van der Waals surface area contributed by atoms with Crippen molar-refractivity contribution >= 4 is 11.9 Å². The predicted molar refractivity (Wildman–Crippen MR) is 56.6 cm³/mol. The van der Waals surface area contributed by atoms with Crippen molar-refractivity contribution < 1.29 is 19.4 Å². The summed E-state index contributed by atoms with van der Waals surface area (Å²) in [6.07, 6.45) is 3.83. The molecule has 0 unspecified atom stereocenters. The molecule has 15 heavy (non-hydrogen) atoms. The number of unbranched alkanes of at least 4 members (excludes halogenated alkanes) is 3. The molecule has 0 fully saturated rings. The van der Waals surface area contributed by atoms with Crippen LogP contribution in [0.4, 0.5) is 0 Å². The Morgan fingerprint density at radius 3 is 2.07 bits per heavy atom. The summed E-state index contributed by atoms with van der Waals surface area (Å²) in [5.74, 6) is -0.919. The number of rotatable bonds is 8. The number of carbonyl (C=O) groups is 2. The number of carboxylic acids is 1. The zero-order valence-corrected chi connectivity index (χ0v) is 9.49. The van der Waals surface area contributed by atoms with E-state index < -0.39 is 5.97 Å². The van der Waals surface area contributed by atoms with Gasteiger partial charge in [-0.25, -0.2) is 0 Å². The van der Waals surface area contributed by atoms with E-state index in [2.05, 4.69) is 0 Å². The molecule has 0 aliphatic heterocycles. The SMILES string of the molecule is CC(C)OC(=O)CCCCCCC(=O)O. The van der Waals surface area contributed by atoms with Crippen LogP contribution in [-0.4, -0.2) is 23.1 Å². The van der Waals surface area contributed by atoms with Gasteiger partial charge in [-0.2, -0.15) is 0 Å². The third-order valence-electron chi connectivity index (χ3n) is 1.89. The van der Waals surface area contributed by atoms with Gasteiger partial charge in [-0.3, -0.25) is 9.59 Å². The van der Waals surface area contributed by atoms with Gasteiger partial charge in [-0.1, -0.05) is 12.8 Å². The van der Waals surface area contributed by atoms with E-state index in [0.29, 0.717) is 12.8 Å². The number of ether oxygens (including phenoxy) is 1. The summed E-state index contributed by atoms with van der Waals surface area (Å²) in [6, 6.07) is 0. The molecule has 0 atom stereocenters. The minimum absolute atomic E-state index is 0.0514. The Labute approximate surface area is 90.6 Å². The molecule has 0 amide bonds. The molecule has 0 aliphatic rings. The van der Waals surface area contributed by atoms with Crippen LogP contribution in [0.3, 0.4) is 0 Å². The van der Waals surface area contributed by atoms with Crippen LogP contribution in [-0.2, 0) is 14.3 Å². The monoisotopic (exact) mass is 216 g/mol. The van der Waals surface area contributed by atoms with Crippen molar-refractivity contribution in [1.29, 1.82) is 0 Å². The van der Waals surface area contributed by atoms with Crippen molar-refractivity contribution in [2.45, 2.75) is 58.5 Å². The first-order chi connectivity index (χ1) is 7.02. The molecular weight excluding hydrogens is 196 g/mol. The average molecular weight is 216 g/mol. The highest BCUT2D eigenvalue weighted by Gasteiger charge is 2.04. The van der Waals surface area contributed by atoms with Crippen LogP contribution >= 0.6 is 0 Å². The lowest BCUT2D eigenvalue weighted by Gasteiger charge is -2.07. The fourth-order valence-corrected chi connectivity index (χ4v) is 1.22. The number of hydrogen-bond donors (Lipinski definition) is 1. The van der Waals surface area contributed by atoms with E-state index in [-0.39, 0.29) is 18.5 Å². The molecule has 1 N–H and O–H groups in total. The van der Waals surface area contributed by atoms with Crippen LogP contribution < -0.4 is 0 Å². The highest BCUT2D eigenvalue weighted by atomic mass is 16.5. The first-order valence-corrected chi connectivity index (χ1v) is 5.43. The standard InChI is InChI=1S/C11H20O4/c1-9(2)15-11(14)8-6-4-3-5-7-10(12)13/h9H,3-8H2,1-2H3,(H,12,13). The molecule has 0 aromatic carbocycles. The maximum Gasteiger partial charge on any atom is 0.306 e. The molecule has 0 aromatic rings. The van der Waals surface area contributed by atoms with Gasteiger partial charge in [0.25, 0.3) is 0 Å². The largest absolute Gasteiger partial charge is 0.481 e. The van der Waals surface area contributed by atoms with Crippen molar-refractivity contribution in [2.24, 2.45) is 0 Å². The van der Waals surface area contributed by atoms with Crippen LogP contribution in [0.2, 0.25) is 0 Å². The van der Waals surface area contributed by atoms with Gasteiger partial charge in [0.05, 0.1) is 6.10 Å². The number of carboxylic acid groups (broad SMARTS) is 1. The van der Waals surface area contributed by atoms with E-state index in [0.717, 1.165) is 19.3 Å². The van der Waals surface area contributed by atoms with Crippen molar-refractivity contribution in [1.82, 2.24) is 0 Å². The Balaban J connectivity index is 3.24. The first kappa shape index (κ1) is 13.9. The van der Waals surface area contributed by atoms with Gasteiger partial charge < -0.3 is 9.84 Å². The third kappa shape index (κ3) is 10.9. The maximum absolute atomic E-state index is 11.1. The Hall–Kier alpha value is -1.06. The number of aliphatic carboxylic acids is 1. The summed E-state index contributed by atoms with van der Waals surface area (Å²) in [5, 5.41) is 8.38. The fourth-order valence-electron chi connectivity index (χ4n) is 1.22. The third-order valence-corrected chi connectivity index (χ3v) is 1.89. The lowest BCUT2D eigenvalue weighted by atomic mass is 10.1. The molecule has 0 rings (SSSR count). The molecule has 88 valence electrons. The van der Waals surface area contributed by atoms with E-state index in [1.807, 2.05) is 13.8 Å². The second kappa shape index (κ2) is 8.26. The molecular formula is C11H20O4. The predicted octanol–water partition coefficient (Wildman–Crippen LogP) is 2.36. The Morgan fingerprint density at radius 1 is 1.07 bits per heavy atom. The molecule has 0 saturated heterocycles. The van der Waals surface area contributed by atoms with Crippen molar-refractivity contribution in [3.8, 4) is 0 Å². The number of carbonyl (C=O) groups excluding carboxylic acids is 1.